The molecule has 6 aromatic carbocycles. The Labute approximate surface area is 366 Å². The molecule has 0 aromatic heterocycles. The summed E-state index contributed by atoms with van der Waals surface area (Å²) in [6, 6.07) is 40.3. The highest BCUT2D eigenvalue weighted by Crippen LogP contribution is 2.58. The fourth-order valence-corrected chi connectivity index (χ4v) is 9.71. The van der Waals surface area contributed by atoms with Crippen LogP contribution in [0.5, 0.6) is 23.0 Å². The minimum Gasteiger partial charge on any atom is -0.456 e. The number of nitrogens with two attached hydrogens (primary N) is 2. The molecule has 6 aromatic rings. The quantitative estimate of drug-likeness (QED) is 0.107. The molecule has 0 spiro atoms. The van der Waals surface area contributed by atoms with Gasteiger partial charge in [-0.15, -0.1) is 0 Å². The van der Waals surface area contributed by atoms with Gasteiger partial charge in [0.05, 0.1) is 5.41 Å². The topological polar surface area (TPSA) is 70.5 Å². The first-order chi connectivity index (χ1) is 29.1. The number of aryl methyl sites for hydroxylation is 4. The molecule has 0 amide bonds. The Morgan fingerprint density at radius 3 is 1.08 bits per heavy atom. The molecule has 61 heavy (non-hydrogen) atoms. The Morgan fingerprint density at radius 1 is 0.443 bits per heavy atom. The van der Waals surface area contributed by atoms with Crippen LogP contribution in [0.15, 0.2) is 109 Å². The van der Waals surface area contributed by atoms with Gasteiger partial charge < -0.3 is 20.9 Å². The lowest BCUT2D eigenvalue weighted by Crippen LogP contribution is -2.30. The first-order valence-corrected chi connectivity index (χ1v) is 22.8. The van der Waals surface area contributed by atoms with Gasteiger partial charge in [0.25, 0.3) is 0 Å². The largest absolute Gasteiger partial charge is 0.456 e. The number of ether oxygens (including phenoxy) is 2. The molecule has 0 fully saturated rings. The molecule has 4 N–H and O–H groups in total. The van der Waals surface area contributed by atoms with Gasteiger partial charge >= 0.3 is 0 Å². The van der Waals surface area contributed by atoms with Crippen molar-refractivity contribution in [3.63, 3.8) is 0 Å². The van der Waals surface area contributed by atoms with Gasteiger partial charge in [-0.05, 0) is 129 Å². The van der Waals surface area contributed by atoms with E-state index in [4.69, 9.17) is 20.9 Å². The predicted molar refractivity (Wildman–Crippen MR) is 259 cm³/mol. The van der Waals surface area contributed by atoms with Crippen LogP contribution < -0.4 is 20.9 Å². The summed E-state index contributed by atoms with van der Waals surface area (Å²) in [4.78, 5) is 0. The second-order valence-corrected chi connectivity index (χ2v) is 19.3. The lowest BCUT2D eigenvalue weighted by Gasteiger charge is -2.36. The van der Waals surface area contributed by atoms with Gasteiger partial charge in [-0.25, -0.2) is 0 Å². The fraction of sp³-hybridized carbons (Fsp3) is 0.368. The number of hydrogen-bond acceptors (Lipinski definition) is 4. The van der Waals surface area contributed by atoms with Crippen molar-refractivity contribution in [1.29, 1.82) is 0 Å². The van der Waals surface area contributed by atoms with Gasteiger partial charge in [-0.3, -0.25) is 0 Å². The Morgan fingerprint density at radius 2 is 0.770 bits per heavy atom. The van der Waals surface area contributed by atoms with E-state index in [1.54, 1.807) is 0 Å². The summed E-state index contributed by atoms with van der Waals surface area (Å²) < 4.78 is 14.4. The maximum atomic E-state index is 7.19. The molecule has 0 unspecified atom stereocenters. The maximum absolute atomic E-state index is 7.19. The summed E-state index contributed by atoms with van der Waals surface area (Å²) in [7, 11) is 0. The molecule has 7 rings (SSSR count). The van der Waals surface area contributed by atoms with Crippen molar-refractivity contribution in [1.82, 2.24) is 0 Å². The number of hydrogen-bond donors (Lipinski definition) is 2. The number of rotatable bonds is 14. The van der Waals surface area contributed by atoms with Crippen molar-refractivity contribution in [2.75, 3.05) is 11.5 Å². The van der Waals surface area contributed by atoms with Crippen LogP contribution in [0.25, 0.3) is 11.1 Å². The van der Waals surface area contributed by atoms with Gasteiger partial charge in [-0.1, -0.05) is 168 Å². The molecule has 1 aliphatic carbocycles. The molecule has 0 saturated heterocycles. The van der Waals surface area contributed by atoms with E-state index in [-0.39, 0.29) is 10.8 Å². The first kappa shape index (κ1) is 43.6. The smallest absolute Gasteiger partial charge is 0.133 e. The Hall–Kier alpha value is -5.48. The number of benzene rings is 6. The zero-order valence-electron chi connectivity index (χ0n) is 38.5. The fourth-order valence-electron chi connectivity index (χ4n) is 9.71. The van der Waals surface area contributed by atoms with Gasteiger partial charge in [0.2, 0.25) is 0 Å². The van der Waals surface area contributed by atoms with Gasteiger partial charge in [0.1, 0.15) is 23.0 Å². The Bertz CT molecular complexity index is 2300. The molecule has 318 valence electrons. The lowest BCUT2D eigenvalue weighted by molar-refractivity contribution is 0.444. The van der Waals surface area contributed by atoms with Crippen LogP contribution in [0.2, 0.25) is 0 Å². The van der Waals surface area contributed by atoms with E-state index >= 15 is 0 Å². The van der Waals surface area contributed by atoms with E-state index in [0.717, 1.165) is 96.9 Å². The molecule has 0 saturated carbocycles. The third-order valence-corrected chi connectivity index (χ3v) is 12.4. The lowest BCUT2D eigenvalue weighted by atomic mass is 9.66. The summed E-state index contributed by atoms with van der Waals surface area (Å²) in [5, 5.41) is 0. The summed E-state index contributed by atoms with van der Waals surface area (Å²) in [6.07, 6.45) is 7.56. The zero-order valence-corrected chi connectivity index (χ0v) is 38.5. The molecular weight excluding hydrogens is 745 g/mol. The SMILES string of the molecule is CCCc1cc(C2(c3cc(CCC)c(Oc4ccc(N)cc4C(C)(C)C)c(CCC)c3)c3ccccc3-c3ccccc32)cc(CCC)c1Oc1ccc(N)cc1C(C)(C)C. The number of anilines is 2. The van der Waals surface area contributed by atoms with E-state index in [0.29, 0.717) is 0 Å². The van der Waals surface area contributed by atoms with Crippen molar-refractivity contribution in [3.05, 3.63) is 165 Å². The highest BCUT2D eigenvalue weighted by Gasteiger charge is 2.47. The van der Waals surface area contributed by atoms with Crippen molar-refractivity contribution < 1.29 is 9.47 Å². The second kappa shape index (κ2) is 17.5. The monoisotopic (exact) mass is 813 g/mol. The average Bonchev–Trinajstić information content (AvgIpc) is 3.52. The van der Waals surface area contributed by atoms with Crippen LogP contribution in [0.1, 0.15) is 151 Å². The Kier molecular flexibility index (Phi) is 12.5. The summed E-state index contributed by atoms with van der Waals surface area (Å²) >= 11 is 0. The van der Waals surface area contributed by atoms with Gasteiger partial charge in [-0.2, -0.15) is 0 Å². The summed E-state index contributed by atoms with van der Waals surface area (Å²) in [6.45, 7) is 22.5. The molecule has 0 heterocycles. The van der Waals surface area contributed by atoms with E-state index < -0.39 is 5.41 Å². The second-order valence-electron chi connectivity index (χ2n) is 19.3. The van der Waals surface area contributed by atoms with Crippen LogP contribution in [-0.4, -0.2) is 0 Å². The first-order valence-electron chi connectivity index (χ1n) is 22.8. The average molecular weight is 813 g/mol. The van der Waals surface area contributed by atoms with Crippen LogP contribution >= 0.6 is 0 Å². The van der Waals surface area contributed by atoms with E-state index in [1.165, 1.54) is 55.6 Å². The van der Waals surface area contributed by atoms with Crippen LogP contribution in [0.4, 0.5) is 11.4 Å². The minimum absolute atomic E-state index is 0.147. The molecule has 0 aliphatic heterocycles. The number of nitrogen functional groups attached to an aromatic ring is 2. The van der Waals surface area contributed by atoms with E-state index in [9.17, 15) is 0 Å². The van der Waals surface area contributed by atoms with Crippen LogP contribution in [-0.2, 0) is 41.9 Å². The van der Waals surface area contributed by atoms with Gasteiger partial charge in [0.15, 0.2) is 0 Å². The van der Waals surface area contributed by atoms with Crippen molar-refractivity contribution >= 4 is 11.4 Å². The molecule has 0 bridgehead atoms. The van der Waals surface area contributed by atoms with E-state index in [1.807, 2.05) is 12.1 Å². The molecule has 4 heteroatoms. The third kappa shape index (κ3) is 8.31. The van der Waals surface area contributed by atoms with Crippen molar-refractivity contribution in [3.8, 4) is 34.1 Å². The van der Waals surface area contributed by atoms with Crippen molar-refractivity contribution in [2.45, 2.75) is 137 Å². The molecular formula is C57H68N2O2. The van der Waals surface area contributed by atoms with Crippen molar-refractivity contribution in [2.24, 2.45) is 0 Å². The highest BCUT2D eigenvalue weighted by molar-refractivity contribution is 5.86. The van der Waals surface area contributed by atoms with E-state index in [2.05, 4.69) is 166 Å². The summed E-state index contributed by atoms with van der Waals surface area (Å²) in [5.41, 5.74) is 28.3. The Balaban J connectivity index is 1.55. The van der Waals surface area contributed by atoms with Crippen LogP contribution in [0.3, 0.4) is 0 Å². The summed E-state index contributed by atoms with van der Waals surface area (Å²) in [5.74, 6) is 3.71. The zero-order chi connectivity index (χ0) is 43.7. The normalized spacial score (nSPS) is 13.2. The predicted octanol–water partition coefficient (Wildman–Crippen LogP) is 15.2. The standard InChI is InChI=1S/C57H68N2O2/c1-11-19-37-31-41(32-38(20-12-2)53(37)60-51-29-27-43(58)35-49(51)55(5,6)7)57(47-25-17-15-23-45(47)46-24-16-18-26-48(46)57)42-33-39(21-13-3)54(40(34-42)22-14-4)61-52-30-28-44(59)36-50(52)56(8,9)10/h15-18,23-36H,11-14,19-22,58-59H2,1-10H3. The maximum Gasteiger partial charge on any atom is 0.133 e. The molecule has 0 radical (unpaired) electrons. The number of fused-ring (bicyclic) bond motifs is 3. The minimum atomic E-state index is -0.588. The highest BCUT2D eigenvalue weighted by atomic mass is 16.5. The van der Waals surface area contributed by atoms with Gasteiger partial charge in [0, 0.05) is 22.5 Å². The molecule has 1 aliphatic rings. The molecule has 0 atom stereocenters. The van der Waals surface area contributed by atoms with Crippen LogP contribution in [0, 0.1) is 0 Å². The third-order valence-electron chi connectivity index (χ3n) is 12.4. The molecule has 4 nitrogen and oxygen atoms in total.